The number of hydrogen-bond acceptors (Lipinski definition) is 4. The number of nitrogens with one attached hydrogen (secondary N) is 1. The average molecular weight is 279 g/mol. The molecule has 1 N–H and O–H groups in total. The normalized spacial score (nSPS) is 17.8. The summed E-state index contributed by atoms with van der Waals surface area (Å²) in [7, 11) is 3.88. The van der Waals surface area contributed by atoms with Crippen molar-refractivity contribution >= 4 is 11.6 Å². The molecule has 0 saturated heterocycles. The monoisotopic (exact) mass is 279 g/mol. The van der Waals surface area contributed by atoms with Gasteiger partial charge in [-0.3, -0.25) is 4.79 Å². The van der Waals surface area contributed by atoms with E-state index in [4.69, 9.17) is 4.84 Å². The van der Waals surface area contributed by atoms with Gasteiger partial charge in [-0.05, 0) is 31.8 Å². The highest BCUT2D eigenvalue weighted by Gasteiger charge is 2.28. The lowest BCUT2D eigenvalue weighted by atomic mass is 10.0. The summed E-state index contributed by atoms with van der Waals surface area (Å²) in [6.07, 6.45) is -0.198. The molecule has 2 rings (SSSR count). The Morgan fingerprint density at radius 2 is 2.15 bits per heavy atom. The summed E-state index contributed by atoms with van der Waals surface area (Å²) >= 11 is 0. The van der Waals surface area contributed by atoms with E-state index in [1.807, 2.05) is 19.0 Å². The van der Waals surface area contributed by atoms with E-state index in [0.29, 0.717) is 18.7 Å². The van der Waals surface area contributed by atoms with Gasteiger partial charge in [-0.25, -0.2) is 4.39 Å². The largest absolute Gasteiger partial charge is 0.382 e. The van der Waals surface area contributed by atoms with Crippen LogP contribution >= 0.6 is 0 Å². The van der Waals surface area contributed by atoms with Crippen molar-refractivity contribution in [1.29, 1.82) is 0 Å². The van der Waals surface area contributed by atoms with E-state index >= 15 is 0 Å². The van der Waals surface area contributed by atoms with Gasteiger partial charge in [0.25, 0.3) is 5.91 Å². The number of likely N-dealkylation sites (N-methyl/N-ethyl adjacent to an activating group) is 1. The molecule has 1 amide bonds. The van der Waals surface area contributed by atoms with E-state index in [1.165, 1.54) is 12.1 Å². The molecule has 0 aromatic heterocycles. The number of hydrogen-bond donors (Lipinski definition) is 1. The van der Waals surface area contributed by atoms with E-state index < -0.39 is 6.10 Å². The third kappa shape index (κ3) is 3.77. The summed E-state index contributed by atoms with van der Waals surface area (Å²) in [6.45, 7) is 1.34. The van der Waals surface area contributed by atoms with Gasteiger partial charge in [0.15, 0.2) is 0 Å². The van der Waals surface area contributed by atoms with E-state index in [9.17, 15) is 9.18 Å². The van der Waals surface area contributed by atoms with Crippen LogP contribution in [0.15, 0.2) is 29.4 Å². The Morgan fingerprint density at radius 1 is 1.45 bits per heavy atom. The second-order valence-electron chi connectivity index (χ2n) is 4.94. The maximum Gasteiger partial charge on any atom is 0.264 e. The maximum atomic E-state index is 12.8. The Morgan fingerprint density at radius 3 is 2.80 bits per heavy atom. The van der Waals surface area contributed by atoms with Crippen molar-refractivity contribution in [3.8, 4) is 0 Å². The van der Waals surface area contributed by atoms with Gasteiger partial charge in [0.05, 0.1) is 5.71 Å². The fourth-order valence-corrected chi connectivity index (χ4v) is 1.85. The van der Waals surface area contributed by atoms with Gasteiger partial charge in [-0.2, -0.15) is 0 Å². The number of benzene rings is 1. The van der Waals surface area contributed by atoms with Crippen LogP contribution in [0.3, 0.4) is 0 Å². The van der Waals surface area contributed by atoms with Crippen LogP contribution in [-0.2, 0) is 9.63 Å². The lowest BCUT2D eigenvalue weighted by molar-refractivity contribution is -0.131. The number of rotatable bonds is 5. The van der Waals surface area contributed by atoms with Crippen molar-refractivity contribution in [2.75, 3.05) is 27.2 Å². The van der Waals surface area contributed by atoms with E-state index in [0.717, 1.165) is 12.1 Å². The molecule has 1 aliphatic rings. The third-order valence-electron chi connectivity index (χ3n) is 3.00. The Hall–Kier alpha value is -1.95. The molecule has 5 nitrogen and oxygen atoms in total. The van der Waals surface area contributed by atoms with Gasteiger partial charge < -0.3 is 15.1 Å². The summed E-state index contributed by atoms with van der Waals surface area (Å²) in [4.78, 5) is 19.0. The minimum Gasteiger partial charge on any atom is -0.382 e. The molecule has 6 heteroatoms. The molecular weight excluding hydrogens is 261 g/mol. The van der Waals surface area contributed by atoms with Crippen LogP contribution in [0, 0.1) is 5.82 Å². The summed E-state index contributed by atoms with van der Waals surface area (Å²) in [5.41, 5.74) is 1.44. The molecule has 20 heavy (non-hydrogen) atoms. The van der Waals surface area contributed by atoms with Crippen molar-refractivity contribution in [3.63, 3.8) is 0 Å². The molecule has 1 aromatic carbocycles. The third-order valence-corrected chi connectivity index (χ3v) is 3.00. The zero-order valence-electron chi connectivity index (χ0n) is 11.6. The van der Waals surface area contributed by atoms with Gasteiger partial charge in [-0.15, -0.1) is 0 Å². The summed E-state index contributed by atoms with van der Waals surface area (Å²) in [5.74, 6) is -0.473. The van der Waals surface area contributed by atoms with Gasteiger partial charge in [0.1, 0.15) is 5.82 Å². The number of amides is 1. The molecule has 1 atom stereocenters. The molecule has 108 valence electrons. The van der Waals surface area contributed by atoms with Crippen LogP contribution in [-0.4, -0.2) is 49.8 Å². The molecule has 1 heterocycles. The fourth-order valence-electron chi connectivity index (χ4n) is 1.85. The molecule has 0 saturated carbocycles. The van der Waals surface area contributed by atoms with Crippen LogP contribution in [0.2, 0.25) is 0 Å². The van der Waals surface area contributed by atoms with E-state index in [-0.39, 0.29) is 11.7 Å². The van der Waals surface area contributed by atoms with Crippen molar-refractivity contribution in [3.05, 3.63) is 35.6 Å². The number of oxime groups is 1. The number of nitrogens with zero attached hydrogens (tertiary/aromatic N) is 2. The highest BCUT2D eigenvalue weighted by Crippen LogP contribution is 2.17. The van der Waals surface area contributed by atoms with Crippen LogP contribution in [0.5, 0.6) is 0 Å². The standard InChI is InChI=1S/C14H18FN3O2/c1-18(2)8-7-16-14(19)13-9-12(17-20-13)10-3-5-11(15)6-4-10/h3-6,13H,7-9H2,1-2H3,(H,16,19)/t13-/m0/s1. The predicted molar refractivity (Wildman–Crippen MR) is 74.0 cm³/mol. The first-order valence-electron chi connectivity index (χ1n) is 6.47. The lowest BCUT2D eigenvalue weighted by Gasteiger charge is -2.12. The highest BCUT2D eigenvalue weighted by molar-refractivity contribution is 6.04. The van der Waals surface area contributed by atoms with Crippen molar-refractivity contribution in [2.24, 2.45) is 5.16 Å². The average Bonchev–Trinajstić information content (AvgIpc) is 2.88. The molecule has 0 unspecified atom stereocenters. The smallest absolute Gasteiger partial charge is 0.264 e. The lowest BCUT2D eigenvalue weighted by Crippen LogP contribution is -2.38. The Labute approximate surface area is 117 Å². The number of carbonyl (C=O) groups excluding carboxylic acids is 1. The number of carbonyl (C=O) groups is 1. The highest BCUT2D eigenvalue weighted by atomic mass is 19.1. The first-order valence-corrected chi connectivity index (χ1v) is 6.47. The predicted octanol–water partition coefficient (Wildman–Crippen LogP) is 0.997. The summed E-state index contributed by atoms with van der Waals surface area (Å²) < 4.78 is 12.8. The molecule has 0 spiro atoms. The minimum atomic E-state index is -0.600. The first-order chi connectivity index (χ1) is 9.56. The zero-order chi connectivity index (χ0) is 14.5. The number of halogens is 1. The van der Waals surface area contributed by atoms with E-state index in [2.05, 4.69) is 10.5 Å². The molecule has 0 bridgehead atoms. The maximum absolute atomic E-state index is 12.8. The van der Waals surface area contributed by atoms with Crippen molar-refractivity contribution < 1.29 is 14.0 Å². The Kier molecular flexibility index (Phi) is 4.68. The van der Waals surface area contributed by atoms with Crippen LogP contribution in [0.1, 0.15) is 12.0 Å². The second kappa shape index (κ2) is 6.47. The van der Waals surface area contributed by atoms with Crippen LogP contribution < -0.4 is 5.32 Å². The molecule has 1 aromatic rings. The Bertz CT molecular complexity index is 500. The molecule has 0 radical (unpaired) electrons. The molecule has 0 fully saturated rings. The van der Waals surface area contributed by atoms with Gasteiger partial charge >= 0.3 is 0 Å². The topological polar surface area (TPSA) is 53.9 Å². The molecule has 1 aliphatic heterocycles. The van der Waals surface area contributed by atoms with E-state index in [1.54, 1.807) is 12.1 Å². The Balaban J connectivity index is 1.84. The van der Waals surface area contributed by atoms with Gasteiger partial charge in [-0.1, -0.05) is 17.3 Å². The molecular formula is C14H18FN3O2. The summed E-state index contributed by atoms with van der Waals surface area (Å²) in [5, 5.41) is 6.70. The fraction of sp³-hybridized carbons (Fsp3) is 0.429. The van der Waals surface area contributed by atoms with Crippen molar-refractivity contribution in [1.82, 2.24) is 10.2 Å². The van der Waals surface area contributed by atoms with Gasteiger partial charge in [0.2, 0.25) is 6.10 Å². The SMILES string of the molecule is CN(C)CCNC(=O)[C@@H]1CC(c2ccc(F)cc2)=NO1. The van der Waals surface area contributed by atoms with Crippen LogP contribution in [0.4, 0.5) is 4.39 Å². The van der Waals surface area contributed by atoms with Crippen molar-refractivity contribution in [2.45, 2.75) is 12.5 Å². The second-order valence-corrected chi connectivity index (χ2v) is 4.94. The first kappa shape index (κ1) is 14.5. The summed E-state index contributed by atoms with van der Waals surface area (Å²) in [6, 6.07) is 5.98. The zero-order valence-corrected chi connectivity index (χ0v) is 11.6. The van der Waals surface area contributed by atoms with Gasteiger partial charge in [0, 0.05) is 19.5 Å². The minimum absolute atomic E-state index is 0.173. The van der Waals surface area contributed by atoms with Crippen LogP contribution in [0.25, 0.3) is 0 Å². The molecule has 0 aliphatic carbocycles. The quantitative estimate of drug-likeness (QED) is 0.874.